The molecule has 1 aromatic heterocycles. The Morgan fingerprint density at radius 2 is 2.00 bits per heavy atom. The molecule has 0 bridgehead atoms. The van der Waals surface area contributed by atoms with Gasteiger partial charge in [0.25, 0.3) is 5.88 Å². The Hall–Kier alpha value is -3.01. The molecule has 0 amide bonds. The van der Waals surface area contributed by atoms with Crippen molar-refractivity contribution in [1.82, 2.24) is 4.98 Å². The molecular weight excluding hydrogens is 320 g/mol. The van der Waals surface area contributed by atoms with Gasteiger partial charge in [0.2, 0.25) is 11.6 Å². The average Bonchev–Trinajstić information content (AvgIpc) is 3.01. The molecule has 7 nitrogen and oxygen atoms in total. The van der Waals surface area contributed by atoms with Crippen molar-refractivity contribution in [3.63, 3.8) is 0 Å². The van der Waals surface area contributed by atoms with E-state index in [1.54, 1.807) is 6.21 Å². The van der Waals surface area contributed by atoms with Crippen LogP contribution in [0.2, 0.25) is 0 Å². The Bertz CT molecular complexity index is 775. The number of hydrazone groups is 1. The third-order valence-electron chi connectivity index (χ3n) is 3.19. The molecule has 0 saturated carbocycles. The second-order valence-corrected chi connectivity index (χ2v) is 5.44. The molecule has 1 N–H and O–H groups in total. The zero-order valence-corrected chi connectivity index (χ0v) is 14.9. The van der Waals surface area contributed by atoms with E-state index in [4.69, 9.17) is 19.2 Å². The van der Waals surface area contributed by atoms with E-state index in [2.05, 4.69) is 15.5 Å². The molecule has 0 saturated heterocycles. The summed E-state index contributed by atoms with van der Waals surface area (Å²) in [6.45, 7) is 8.82. The molecule has 25 heavy (non-hydrogen) atoms. The van der Waals surface area contributed by atoms with E-state index < -0.39 is 0 Å². The topological polar surface area (TPSA) is 92.7 Å². The largest absolute Gasteiger partial charge is 0.490 e. The second-order valence-electron chi connectivity index (χ2n) is 5.44. The van der Waals surface area contributed by atoms with Gasteiger partial charge in [-0.05, 0) is 37.6 Å². The quantitative estimate of drug-likeness (QED) is 0.577. The molecule has 0 atom stereocenters. The lowest BCUT2D eigenvalue weighted by atomic mass is 10.2. The van der Waals surface area contributed by atoms with Gasteiger partial charge in [0, 0.05) is 5.92 Å². The van der Waals surface area contributed by atoms with Crippen LogP contribution in [0.3, 0.4) is 0 Å². The Kier molecular flexibility index (Phi) is 6.40. The molecular formula is C18H22N4O3. The summed E-state index contributed by atoms with van der Waals surface area (Å²) >= 11 is 0. The summed E-state index contributed by atoms with van der Waals surface area (Å²) in [6.07, 6.45) is 1.61. The highest BCUT2D eigenvalue weighted by Crippen LogP contribution is 2.28. The highest BCUT2D eigenvalue weighted by Gasteiger charge is 2.14. The molecule has 0 aliphatic rings. The second kappa shape index (κ2) is 8.73. The van der Waals surface area contributed by atoms with E-state index in [1.165, 1.54) is 0 Å². The minimum absolute atomic E-state index is 0.0893. The number of nitrogens with zero attached hydrogens (tertiary/aromatic N) is 3. The van der Waals surface area contributed by atoms with Crippen molar-refractivity contribution in [2.24, 2.45) is 5.10 Å². The third-order valence-corrected chi connectivity index (χ3v) is 3.19. The molecule has 0 unspecified atom stereocenters. The molecule has 132 valence electrons. The number of hydrogen-bond donors (Lipinski definition) is 1. The monoisotopic (exact) mass is 342 g/mol. The fraction of sp³-hybridized carbons (Fsp3) is 0.389. The zero-order valence-electron chi connectivity index (χ0n) is 14.9. The van der Waals surface area contributed by atoms with Crippen LogP contribution >= 0.6 is 0 Å². The molecule has 2 rings (SSSR count). The number of benzene rings is 1. The van der Waals surface area contributed by atoms with Crippen LogP contribution in [-0.4, -0.2) is 24.4 Å². The number of aromatic nitrogens is 1. The van der Waals surface area contributed by atoms with Crippen molar-refractivity contribution in [3.8, 4) is 17.6 Å². The number of nitrogens with one attached hydrogen (secondary N) is 1. The summed E-state index contributed by atoms with van der Waals surface area (Å²) < 4.78 is 16.6. The normalized spacial score (nSPS) is 10.9. The van der Waals surface area contributed by atoms with Gasteiger partial charge in [0.15, 0.2) is 11.5 Å². The first kappa shape index (κ1) is 18.3. The van der Waals surface area contributed by atoms with Gasteiger partial charge >= 0.3 is 0 Å². The van der Waals surface area contributed by atoms with Gasteiger partial charge in [-0.15, -0.1) is 0 Å². The molecule has 2 aromatic rings. The third kappa shape index (κ3) is 4.73. The van der Waals surface area contributed by atoms with Crippen LogP contribution in [0.15, 0.2) is 27.7 Å². The lowest BCUT2D eigenvalue weighted by Gasteiger charge is -2.11. The minimum Gasteiger partial charge on any atom is -0.490 e. The van der Waals surface area contributed by atoms with Gasteiger partial charge in [0.05, 0.1) is 19.4 Å². The molecule has 0 fully saturated rings. The SMILES string of the molecule is CCOc1ccc(C=NNc2oc(C(C)C)nc2C#N)cc1OCC. The predicted molar refractivity (Wildman–Crippen MR) is 95.3 cm³/mol. The number of nitriles is 1. The number of oxazole rings is 1. The minimum atomic E-state index is 0.0893. The first-order valence-corrected chi connectivity index (χ1v) is 8.18. The van der Waals surface area contributed by atoms with Crippen molar-refractivity contribution in [2.75, 3.05) is 18.6 Å². The van der Waals surface area contributed by atoms with E-state index in [0.29, 0.717) is 30.6 Å². The fourth-order valence-electron chi connectivity index (χ4n) is 2.05. The lowest BCUT2D eigenvalue weighted by Crippen LogP contribution is -1.99. The maximum Gasteiger partial charge on any atom is 0.252 e. The van der Waals surface area contributed by atoms with Crippen molar-refractivity contribution < 1.29 is 13.9 Å². The van der Waals surface area contributed by atoms with Crippen LogP contribution in [-0.2, 0) is 0 Å². The maximum atomic E-state index is 9.11. The van der Waals surface area contributed by atoms with E-state index in [1.807, 2.05) is 52.0 Å². The summed E-state index contributed by atoms with van der Waals surface area (Å²) in [7, 11) is 0. The fourth-order valence-corrected chi connectivity index (χ4v) is 2.05. The van der Waals surface area contributed by atoms with E-state index >= 15 is 0 Å². The predicted octanol–water partition coefficient (Wildman–Crippen LogP) is 3.91. The molecule has 1 heterocycles. The summed E-state index contributed by atoms with van der Waals surface area (Å²) in [5, 5.41) is 13.2. The van der Waals surface area contributed by atoms with Gasteiger partial charge in [0.1, 0.15) is 6.07 Å². The highest BCUT2D eigenvalue weighted by atomic mass is 16.5. The Morgan fingerprint density at radius 3 is 2.64 bits per heavy atom. The summed E-state index contributed by atoms with van der Waals surface area (Å²) in [4.78, 5) is 4.12. The van der Waals surface area contributed by atoms with E-state index in [9.17, 15) is 0 Å². The van der Waals surface area contributed by atoms with Crippen molar-refractivity contribution in [3.05, 3.63) is 35.3 Å². The maximum absolute atomic E-state index is 9.11. The van der Waals surface area contributed by atoms with Crippen LogP contribution in [0.5, 0.6) is 11.5 Å². The van der Waals surface area contributed by atoms with Crippen LogP contribution in [0.4, 0.5) is 5.88 Å². The Balaban J connectivity index is 2.14. The standard InChI is InChI=1S/C18H22N4O3/c1-5-23-15-8-7-13(9-16(15)24-6-2)11-20-22-18-14(10-19)21-17(25-18)12(3)4/h7-9,11-12,22H,5-6H2,1-4H3. The highest BCUT2D eigenvalue weighted by molar-refractivity contribution is 5.81. The molecule has 1 aromatic carbocycles. The van der Waals surface area contributed by atoms with Crippen LogP contribution in [0.25, 0.3) is 0 Å². The number of ether oxygens (including phenoxy) is 2. The Labute approximate surface area is 147 Å². The zero-order chi connectivity index (χ0) is 18.2. The first-order valence-electron chi connectivity index (χ1n) is 8.18. The van der Waals surface area contributed by atoms with Crippen LogP contribution in [0, 0.1) is 11.3 Å². The van der Waals surface area contributed by atoms with Gasteiger partial charge < -0.3 is 13.9 Å². The summed E-state index contributed by atoms with van der Waals surface area (Å²) in [5.41, 5.74) is 3.73. The number of hydrogen-bond acceptors (Lipinski definition) is 7. The smallest absolute Gasteiger partial charge is 0.252 e. The summed E-state index contributed by atoms with van der Waals surface area (Å²) in [6, 6.07) is 7.53. The van der Waals surface area contributed by atoms with Gasteiger partial charge in [-0.25, -0.2) is 10.4 Å². The first-order chi connectivity index (χ1) is 12.1. The molecule has 7 heteroatoms. The molecule has 0 spiro atoms. The van der Waals surface area contributed by atoms with Gasteiger partial charge in [-0.1, -0.05) is 13.8 Å². The van der Waals surface area contributed by atoms with Crippen molar-refractivity contribution in [1.29, 1.82) is 5.26 Å². The van der Waals surface area contributed by atoms with Crippen LogP contribution < -0.4 is 14.9 Å². The van der Waals surface area contributed by atoms with Gasteiger partial charge in [-0.2, -0.15) is 10.4 Å². The average molecular weight is 342 g/mol. The molecule has 0 radical (unpaired) electrons. The summed E-state index contributed by atoms with van der Waals surface area (Å²) in [5.74, 6) is 2.17. The van der Waals surface area contributed by atoms with E-state index in [0.717, 1.165) is 5.56 Å². The van der Waals surface area contributed by atoms with Gasteiger partial charge in [-0.3, -0.25) is 0 Å². The van der Waals surface area contributed by atoms with E-state index in [-0.39, 0.29) is 17.5 Å². The lowest BCUT2D eigenvalue weighted by molar-refractivity contribution is 0.288. The van der Waals surface area contributed by atoms with Crippen molar-refractivity contribution >= 4 is 12.1 Å². The van der Waals surface area contributed by atoms with Crippen molar-refractivity contribution in [2.45, 2.75) is 33.6 Å². The Morgan fingerprint density at radius 1 is 1.28 bits per heavy atom. The van der Waals surface area contributed by atoms with Crippen LogP contribution in [0.1, 0.15) is 50.8 Å². The molecule has 0 aliphatic carbocycles. The molecule has 0 aliphatic heterocycles. The number of rotatable bonds is 8. The number of anilines is 1.